The number of rotatable bonds is 18. The highest BCUT2D eigenvalue weighted by Gasteiger charge is 1.99. The molecule has 152 valence electrons. The van der Waals surface area contributed by atoms with Crippen molar-refractivity contribution in [2.45, 2.75) is 13.5 Å². The predicted molar refractivity (Wildman–Crippen MR) is 100 cm³/mol. The Bertz CT molecular complexity index is 507. The van der Waals surface area contributed by atoms with Crippen LogP contribution in [0.1, 0.15) is 22.8 Å². The molecule has 0 unspecified atom stereocenters. The van der Waals surface area contributed by atoms with Crippen molar-refractivity contribution >= 4 is 5.78 Å². The summed E-state index contributed by atoms with van der Waals surface area (Å²) in [6.07, 6.45) is 0. The van der Waals surface area contributed by atoms with Gasteiger partial charge < -0.3 is 23.7 Å². The molecular weight excluding hydrogens is 354 g/mol. The van der Waals surface area contributed by atoms with Crippen LogP contribution in [0.2, 0.25) is 0 Å². The van der Waals surface area contributed by atoms with Crippen molar-refractivity contribution in [2.75, 3.05) is 66.0 Å². The molecule has 0 aliphatic carbocycles. The van der Waals surface area contributed by atoms with Crippen molar-refractivity contribution in [1.82, 2.24) is 0 Å². The summed E-state index contributed by atoms with van der Waals surface area (Å²) in [7, 11) is 0. The van der Waals surface area contributed by atoms with Crippen molar-refractivity contribution < 1.29 is 28.5 Å². The summed E-state index contributed by atoms with van der Waals surface area (Å²) < 4.78 is 26.7. The van der Waals surface area contributed by atoms with Crippen LogP contribution in [-0.4, -0.2) is 71.8 Å². The summed E-state index contributed by atoms with van der Waals surface area (Å²) in [4.78, 5) is 21.0. The van der Waals surface area contributed by atoms with E-state index in [1.54, 1.807) is 19.1 Å². The van der Waals surface area contributed by atoms with E-state index in [0.29, 0.717) is 71.6 Å². The first-order chi connectivity index (χ1) is 13.2. The Balaban J connectivity index is 1.81. The molecule has 0 spiro atoms. The Hall–Kier alpha value is -1.71. The molecule has 0 N–H and O–H groups in total. The first-order valence-corrected chi connectivity index (χ1v) is 9.01. The lowest BCUT2D eigenvalue weighted by Gasteiger charge is -2.08. The Morgan fingerprint density at radius 3 is 1.63 bits per heavy atom. The van der Waals surface area contributed by atoms with Gasteiger partial charge in [0.05, 0.1) is 66.1 Å². The molecule has 0 amide bonds. The molecule has 0 radical (unpaired) electrons. The molecule has 8 nitrogen and oxygen atoms in total. The molecule has 0 aliphatic rings. The lowest BCUT2D eigenvalue weighted by atomic mass is 10.1. The van der Waals surface area contributed by atoms with Gasteiger partial charge in [0.1, 0.15) is 6.54 Å². The highest BCUT2D eigenvalue weighted by atomic mass is 16.6. The molecule has 0 atom stereocenters. The van der Waals surface area contributed by atoms with E-state index < -0.39 is 0 Å². The largest absolute Gasteiger partial charge is 0.377 e. The van der Waals surface area contributed by atoms with Gasteiger partial charge in [0.15, 0.2) is 5.78 Å². The maximum Gasteiger partial charge on any atom is 0.159 e. The molecule has 0 aromatic heterocycles. The Labute approximate surface area is 160 Å². The van der Waals surface area contributed by atoms with E-state index in [2.05, 4.69) is 5.18 Å². The molecule has 1 aromatic carbocycles. The molecule has 0 saturated carbocycles. The van der Waals surface area contributed by atoms with Gasteiger partial charge in [-0.3, -0.25) is 4.79 Å². The van der Waals surface area contributed by atoms with Crippen LogP contribution in [0, 0.1) is 4.91 Å². The maximum atomic E-state index is 11.2. The van der Waals surface area contributed by atoms with Crippen molar-refractivity contribution in [2.24, 2.45) is 5.18 Å². The summed E-state index contributed by atoms with van der Waals surface area (Å²) in [5.41, 5.74) is 1.72. The Kier molecular flexibility index (Phi) is 14.2. The van der Waals surface area contributed by atoms with E-state index >= 15 is 0 Å². The molecular formula is C19H29NO7. The number of ketones is 1. The third-order valence-corrected chi connectivity index (χ3v) is 3.44. The van der Waals surface area contributed by atoms with Crippen LogP contribution in [0.4, 0.5) is 0 Å². The number of hydrogen-bond donors (Lipinski definition) is 0. The molecule has 8 heteroatoms. The van der Waals surface area contributed by atoms with Crippen LogP contribution >= 0.6 is 0 Å². The lowest BCUT2D eigenvalue weighted by molar-refractivity contribution is -0.0120. The summed E-state index contributed by atoms with van der Waals surface area (Å²) >= 11 is 0. The zero-order valence-corrected chi connectivity index (χ0v) is 15.9. The molecule has 1 rings (SSSR count). The van der Waals surface area contributed by atoms with E-state index in [4.69, 9.17) is 23.7 Å². The maximum absolute atomic E-state index is 11.2. The second-order valence-electron chi connectivity index (χ2n) is 5.61. The lowest BCUT2D eigenvalue weighted by Crippen LogP contribution is -2.13. The normalized spacial score (nSPS) is 10.9. The Morgan fingerprint density at radius 2 is 1.19 bits per heavy atom. The topological polar surface area (TPSA) is 92.7 Å². The van der Waals surface area contributed by atoms with E-state index in [1.807, 2.05) is 12.1 Å². The summed E-state index contributed by atoms with van der Waals surface area (Å²) in [5, 5.41) is 2.69. The number of nitroso groups, excluding NO2 is 1. The second kappa shape index (κ2) is 16.5. The highest BCUT2D eigenvalue weighted by Crippen LogP contribution is 2.06. The van der Waals surface area contributed by atoms with E-state index in [1.165, 1.54) is 0 Å². The molecule has 0 fully saturated rings. The second-order valence-corrected chi connectivity index (χ2v) is 5.61. The van der Waals surface area contributed by atoms with Crippen LogP contribution in [0.3, 0.4) is 0 Å². The van der Waals surface area contributed by atoms with Crippen LogP contribution in [0.25, 0.3) is 0 Å². The fourth-order valence-electron chi connectivity index (χ4n) is 2.01. The molecule has 27 heavy (non-hydrogen) atoms. The van der Waals surface area contributed by atoms with Crippen LogP contribution in [0.15, 0.2) is 29.4 Å². The number of ether oxygens (including phenoxy) is 5. The molecule has 0 aliphatic heterocycles. The summed E-state index contributed by atoms with van der Waals surface area (Å²) in [6.45, 7) is 6.42. The minimum atomic E-state index is 0.0579. The number of hydrogen-bond acceptors (Lipinski definition) is 8. The van der Waals surface area contributed by atoms with Crippen LogP contribution in [0.5, 0.6) is 0 Å². The van der Waals surface area contributed by atoms with E-state index in [0.717, 1.165) is 5.56 Å². The third kappa shape index (κ3) is 13.2. The summed E-state index contributed by atoms with van der Waals surface area (Å²) in [6, 6.07) is 7.39. The first-order valence-electron chi connectivity index (χ1n) is 9.01. The fraction of sp³-hybridized carbons (Fsp3) is 0.632. The number of carbonyl (C=O) groups is 1. The SMILES string of the molecule is CC(=O)c1ccc(COCCOCCOCCOCCOCCN=O)cc1. The third-order valence-electron chi connectivity index (χ3n) is 3.44. The van der Waals surface area contributed by atoms with Gasteiger partial charge in [0.2, 0.25) is 0 Å². The van der Waals surface area contributed by atoms with Gasteiger partial charge in [0.25, 0.3) is 0 Å². The van der Waals surface area contributed by atoms with Gasteiger partial charge >= 0.3 is 0 Å². The average molecular weight is 383 g/mol. The van der Waals surface area contributed by atoms with Crippen molar-refractivity contribution in [3.05, 3.63) is 40.3 Å². The minimum Gasteiger partial charge on any atom is -0.377 e. The van der Waals surface area contributed by atoms with E-state index in [9.17, 15) is 9.70 Å². The predicted octanol–water partition coefficient (Wildman–Crippen LogP) is 2.24. The zero-order chi connectivity index (χ0) is 19.6. The van der Waals surface area contributed by atoms with Gasteiger partial charge in [-0.25, -0.2) is 0 Å². The van der Waals surface area contributed by atoms with Gasteiger partial charge in [-0.2, -0.15) is 4.91 Å². The highest BCUT2D eigenvalue weighted by molar-refractivity contribution is 5.93. The van der Waals surface area contributed by atoms with Crippen molar-refractivity contribution in [3.8, 4) is 0 Å². The number of benzene rings is 1. The molecule has 0 saturated heterocycles. The van der Waals surface area contributed by atoms with E-state index in [-0.39, 0.29) is 12.3 Å². The Morgan fingerprint density at radius 1 is 0.741 bits per heavy atom. The minimum absolute atomic E-state index is 0.0579. The standard InChI is InChI=1S/C19H29NO7/c1-17(21)19-4-2-18(3-5-19)16-27-15-14-26-13-12-25-11-10-24-9-8-23-7-6-20-22/h2-5H,6-16H2,1H3. The van der Waals surface area contributed by atoms with Gasteiger partial charge in [0, 0.05) is 5.56 Å². The number of carbonyl (C=O) groups excluding carboxylic acids is 1. The van der Waals surface area contributed by atoms with Crippen molar-refractivity contribution in [3.63, 3.8) is 0 Å². The number of Topliss-reactive ketones (excluding diaryl/α,β-unsaturated/α-hetero) is 1. The smallest absolute Gasteiger partial charge is 0.159 e. The number of nitrogens with zero attached hydrogens (tertiary/aromatic N) is 1. The molecule has 0 heterocycles. The van der Waals surface area contributed by atoms with Gasteiger partial charge in [-0.1, -0.05) is 29.4 Å². The molecule has 0 bridgehead atoms. The van der Waals surface area contributed by atoms with Crippen molar-refractivity contribution in [1.29, 1.82) is 0 Å². The fourth-order valence-corrected chi connectivity index (χ4v) is 2.01. The average Bonchev–Trinajstić information content (AvgIpc) is 2.68. The summed E-state index contributed by atoms with van der Waals surface area (Å²) in [5.74, 6) is 0.0579. The monoisotopic (exact) mass is 383 g/mol. The van der Waals surface area contributed by atoms with Gasteiger partial charge in [-0.05, 0) is 12.5 Å². The zero-order valence-electron chi connectivity index (χ0n) is 15.9. The quantitative estimate of drug-likeness (QED) is 0.218. The first kappa shape index (κ1) is 23.3. The van der Waals surface area contributed by atoms with Crippen LogP contribution in [-0.2, 0) is 30.3 Å². The van der Waals surface area contributed by atoms with Gasteiger partial charge in [-0.15, -0.1) is 0 Å². The van der Waals surface area contributed by atoms with Crippen LogP contribution < -0.4 is 0 Å². The molecule has 1 aromatic rings.